The number of benzene rings is 2. The summed E-state index contributed by atoms with van der Waals surface area (Å²) in [6.45, 7) is 2.02. The monoisotopic (exact) mass is 247 g/mol. The van der Waals surface area contributed by atoms with Crippen LogP contribution >= 0.6 is 0 Å². The van der Waals surface area contributed by atoms with E-state index < -0.39 is 0 Å². The summed E-state index contributed by atoms with van der Waals surface area (Å²) >= 11 is 0. The topological polar surface area (TPSA) is 30.0 Å². The first-order chi connectivity index (χ1) is 9.29. The second-order valence-electron chi connectivity index (χ2n) is 4.62. The van der Waals surface area contributed by atoms with Gasteiger partial charge in [0.05, 0.1) is 0 Å². The first-order valence-electron chi connectivity index (χ1n) is 6.18. The van der Waals surface area contributed by atoms with Gasteiger partial charge in [0.2, 0.25) is 0 Å². The van der Waals surface area contributed by atoms with Crippen molar-refractivity contribution in [1.82, 2.24) is 4.98 Å². The van der Waals surface area contributed by atoms with Crippen LogP contribution in [0.15, 0.2) is 54.9 Å². The van der Waals surface area contributed by atoms with E-state index in [1.165, 1.54) is 0 Å². The highest BCUT2D eigenvalue weighted by molar-refractivity contribution is 6.00. The van der Waals surface area contributed by atoms with Gasteiger partial charge in [0.25, 0.3) is 0 Å². The van der Waals surface area contributed by atoms with Crippen LogP contribution in [0, 0.1) is 6.92 Å². The Morgan fingerprint density at radius 2 is 1.84 bits per heavy atom. The summed E-state index contributed by atoms with van der Waals surface area (Å²) in [7, 11) is 0. The van der Waals surface area contributed by atoms with E-state index in [0.717, 1.165) is 33.7 Å². The predicted molar refractivity (Wildman–Crippen MR) is 77.3 cm³/mol. The fourth-order valence-electron chi connectivity index (χ4n) is 2.34. The van der Waals surface area contributed by atoms with Gasteiger partial charge in [-0.05, 0) is 17.9 Å². The summed E-state index contributed by atoms with van der Waals surface area (Å²) in [6.07, 6.45) is 4.57. The Balaban J connectivity index is 2.36. The molecule has 2 heteroatoms. The van der Waals surface area contributed by atoms with Gasteiger partial charge in [-0.3, -0.25) is 9.78 Å². The van der Waals surface area contributed by atoms with E-state index in [1.54, 1.807) is 0 Å². The van der Waals surface area contributed by atoms with Crippen LogP contribution in [0.25, 0.3) is 21.9 Å². The largest absolute Gasteiger partial charge is 0.298 e. The van der Waals surface area contributed by atoms with E-state index >= 15 is 0 Å². The number of aldehydes is 1. The van der Waals surface area contributed by atoms with Crippen LogP contribution in [-0.4, -0.2) is 11.3 Å². The van der Waals surface area contributed by atoms with Crippen LogP contribution in [-0.2, 0) is 0 Å². The number of rotatable bonds is 2. The van der Waals surface area contributed by atoms with Crippen molar-refractivity contribution in [1.29, 1.82) is 0 Å². The molecule has 0 aliphatic heterocycles. The minimum atomic E-state index is 0.698. The molecule has 3 aromatic rings. The van der Waals surface area contributed by atoms with Crippen LogP contribution < -0.4 is 0 Å². The number of hydrogen-bond donors (Lipinski definition) is 0. The van der Waals surface area contributed by atoms with Gasteiger partial charge in [0.15, 0.2) is 6.29 Å². The van der Waals surface area contributed by atoms with E-state index in [4.69, 9.17) is 0 Å². The highest BCUT2D eigenvalue weighted by Gasteiger charge is 2.08. The Hall–Kier alpha value is -2.48. The molecule has 92 valence electrons. The summed E-state index contributed by atoms with van der Waals surface area (Å²) in [5, 5.41) is 2.20. The van der Waals surface area contributed by atoms with E-state index in [0.29, 0.717) is 5.56 Å². The van der Waals surface area contributed by atoms with E-state index in [2.05, 4.69) is 11.1 Å². The average molecular weight is 247 g/mol. The molecular weight excluding hydrogens is 234 g/mol. The van der Waals surface area contributed by atoms with Crippen LogP contribution in [0.3, 0.4) is 0 Å². The third kappa shape index (κ3) is 2.02. The highest BCUT2D eigenvalue weighted by atomic mass is 16.1. The lowest BCUT2D eigenvalue weighted by atomic mass is 9.96. The van der Waals surface area contributed by atoms with Crippen molar-refractivity contribution in [3.8, 4) is 11.1 Å². The lowest BCUT2D eigenvalue weighted by Gasteiger charge is -2.09. The van der Waals surface area contributed by atoms with Crippen molar-refractivity contribution in [3.05, 3.63) is 66.0 Å². The van der Waals surface area contributed by atoms with E-state index in [-0.39, 0.29) is 0 Å². The number of aromatic nitrogens is 1. The Morgan fingerprint density at radius 1 is 1.00 bits per heavy atom. The molecular formula is C17H13NO. The molecule has 0 unspecified atom stereocenters. The summed E-state index contributed by atoms with van der Waals surface area (Å²) in [6, 6.07) is 13.9. The van der Waals surface area contributed by atoms with Crippen molar-refractivity contribution < 1.29 is 4.79 Å². The molecule has 0 fully saturated rings. The smallest absolute Gasteiger partial charge is 0.150 e. The normalized spacial score (nSPS) is 10.6. The predicted octanol–water partition coefficient (Wildman–Crippen LogP) is 4.02. The molecule has 3 rings (SSSR count). The molecule has 0 aliphatic carbocycles. The Morgan fingerprint density at radius 3 is 2.68 bits per heavy atom. The van der Waals surface area contributed by atoms with Gasteiger partial charge < -0.3 is 0 Å². The summed E-state index contributed by atoms with van der Waals surface area (Å²) in [4.78, 5) is 15.5. The summed E-state index contributed by atoms with van der Waals surface area (Å²) in [5.74, 6) is 0. The molecule has 0 spiro atoms. The Bertz CT molecular complexity index is 757. The molecule has 2 nitrogen and oxygen atoms in total. The zero-order valence-electron chi connectivity index (χ0n) is 10.6. The number of nitrogens with zero attached hydrogens (tertiary/aromatic N) is 1. The minimum absolute atomic E-state index is 0.698. The second kappa shape index (κ2) is 4.65. The fourth-order valence-corrected chi connectivity index (χ4v) is 2.34. The van der Waals surface area contributed by atoms with Crippen LogP contribution in [0.4, 0.5) is 0 Å². The average Bonchev–Trinajstić information content (AvgIpc) is 2.46. The van der Waals surface area contributed by atoms with Gasteiger partial charge in [-0.15, -0.1) is 0 Å². The SMILES string of the molecule is Cc1ccc(C=O)c(-c2cncc3ccccc23)c1. The van der Waals surface area contributed by atoms with Crippen LogP contribution in [0.1, 0.15) is 15.9 Å². The fraction of sp³-hybridized carbons (Fsp3) is 0.0588. The van der Waals surface area contributed by atoms with Crippen molar-refractivity contribution in [2.24, 2.45) is 0 Å². The number of aryl methyl sites for hydroxylation is 1. The maximum absolute atomic E-state index is 11.2. The lowest BCUT2D eigenvalue weighted by molar-refractivity contribution is 0.112. The van der Waals surface area contributed by atoms with Crippen LogP contribution in [0.5, 0.6) is 0 Å². The first kappa shape index (κ1) is 11.6. The van der Waals surface area contributed by atoms with Gasteiger partial charge in [-0.1, -0.05) is 48.0 Å². The molecule has 0 aliphatic rings. The molecule has 1 heterocycles. The summed E-state index contributed by atoms with van der Waals surface area (Å²) in [5.41, 5.74) is 3.78. The third-order valence-corrected chi connectivity index (χ3v) is 3.29. The van der Waals surface area contributed by atoms with Gasteiger partial charge in [-0.2, -0.15) is 0 Å². The van der Waals surface area contributed by atoms with Gasteiger partial charge in [-0.25, -0.2) is 0 Å². The molecule has 0 saturated carbocycles. The van der Waals surface area contributed by atoms with E-state index in [9.17, 15) is 4.79 Å². The zero-order valence-corrected chi connectivity index (χ0v) is 10.6. The summed E-state index contributed by atoms with van der Waals surface area (Å²) < 4.78 is 0. The minimum Gasteiger partial charge on any atom is -0.298 e. The highest BCUT2D eigenvalue weighted by Crippen LogP contribution is 2.30. The Labute approximate surface area is 111 Å². The number of pyridine rings is 1. The zero-order chi connectivity index (χ0) is 13.2. The first-order valence-corrected chi connectivity index (χ1v) is 6.18. The maximum atomic E-state index is 11.2. The van der Waals surface area contributed by atoms with Gasteiger partial charge >= 0.3 is 0 Å². The molecule has 0 amide bonds. The quantitative estimate of drug-likeness (QED) is 0.640. The molecule has 0 atom stereocenters. The van der Waals surface area contributed by atoms with Crippen molar-refractivity contribution in [2.75, 3.05) is 0 Å². The second-order valence-corrected chi connectivity index (χ2v) is 4.62. The number of fused-ring (bicyclic) bond motifs is 1. The Kier molecular flexibility index (Phi) is 2.84. The standard InChI is InChI=1S/C17H13NO/c1-12-6-7-14(11-19)16(8-12)17-10-18-9-13-4-2-3-5-15(13)17/h2-11H,1H3. The van der Waals surface area contributed by atoms with E-state index in [1.807, 2.05) is 55.7 Å². The molecule has 0 bridgehead atoms. The molecule has 1 aromatic heterocycles. The molecule has 0 saturated heterocycles. The maximum Gasteiger partial charge on any atom is 0.150 e. The molecule has 19 heavy (non-hydrogen) atoms. The molecule has 0 radical (unpaired) electrons. The van der Waals surface area contributed by atoms with Gasteiger partial charge in [0.1, 0.15) is 0 Å². The molecule has 2 aromatic carbocycles. The van der Waals surface area contributed by atoms with Crippen molar-refractivity contribution >= 4 is 17.1 Å². The van der Waals surface area contributed by atoms with Crippen molar-refractivity contribution in [2.45, 2.75) is 6.92 Å². The third-order valence-electron chi connectivity index (χ3n) is 3.29. The van der Waals surface area contributed by atoms with Crippen molar-refractivity contribution in [3.63, 3.8) is 0 Å². The van der Waals surface area contributed by atoms with Gasteiger partial charge in [0, 0.05) is 28.9 Å². The number of carbonyl (C=O) groups excluding carboxylic acids is 1. The molecule has 0 N–H and O–H groups in total. The number of carbonyl (C=O) groups is 1. The van der Waals surface area contributed by atoms with Crippen LogP contribution in [0.2, 0.25) is 0 Å². The lowest BCUT2D eigenvalue weighted by Crippen LogP contribution is -1.91. The number of hydrogen-bond acceptors (Lipinski definition) is 2.